The van der Waals surface area contributed by atoms with E-state index in [1.54, 1.807) is 6.20 Å². The van der Waals surface area contributed by atoms with Crippen molar-refractivity contribution in [2.75, 3.05) is 0 Å². The Hall–Kier alpha value is -0.890. The quantitative estimate of drug-likeness (QED) is 0.736. The van der Waals surface area contributed by atoms with Gasteiger partial charge in [-0.15, -0.1) is 0 Å². The van der Waals surface area contributed by atoms with Gasteiger partial charge in [0.15, 0.2) is 0 Å². The maximum atomic E-state index is 5.75. The van der Waals surface area contributed by atoms with Crippen molar-refractivity contribution in [1.82, 2.24) is 4.98 Å². The first-order valence-corrected chi connectivity index (χ1v) is 5.00. The number of rotatable bonds is 3. The third kappa shape index (κ3) is 3.46. The molecular formula is C12H19NO. The van der Waals surface area contributed by atoms with Crippen molar-refractivity contribution in [2.24, 2.45) is 5.41 Å². The zero-order valence-electron chi connectivity index (χ0n) is 9.45. The van der Waals surface area contributed by atoms with Gasteiger partial charge in [-0.25, -0.2) is 0 Å². The van der Waals surface area contributed by atoms with Crippen LogP contribution in [0.4, 0.5) is 0 Å². The molecule has 0 N–H and O–H groups in total. The molecule has 2 heteroatoms. The average Bonchev–Trinajstić information content (AvgIpc) is 2.14. The van der Waals surface area contributed by atoms with Crippen LogP contribution in [0.15, 0.2) is 24.5 Å². The van der Waals surface area contributed by atoms with Crippen molar-refractivity contribution in [3.63, 3.8) is 0 Å². The summed E-state index contributed by atoms with van der Waals surface area (Å²) < 4.78 is 5.75. The van der Waals surface area contributed by atoms with Crippen molar-refractivity contribution in [1.29, 1.82) is 0 Å². The van der Waals surface area contributed by atoms with Crippen LogP contribution in [0.25, 0.3) is 0 Å². The average molecular weight is 193 g/mol. The summed E-state index contributed by atoms with van der Waals surface area (Å²) in [5, 5.41) is 0. The molecule has 78 valence electrons. The Balaban J connectivity index is 2.42. The molecule has 0 spiro atoms. The maximum Gasteiger partial charge on any atom is 0.0735 e. The van der Waals surface area contributed by atoms with Crippen LogP contribution in [-0.2, 0) is 11.3 Å². The number of nitrogens with zero attached hydrogens (tertiary/aromatic N) is 1. The van der Waals surface area contributed by atoms with E-state index in [1.807, 2.05) is 18.3 Å². The van der Waals surface area contributed by atoms with Crippen LogP contribution in [0.5, 0.6) is 0 Å². The molecule has 0 aliphatic carbocycles. The first-order valence-electron chi connectivity index (χ1n) is 5.00. The Bertz CT molecular complexity index is 263. The third-order valence-electron chi connectivity index (χ3n) is 2.44. The molecule has 1 heterocycles. The first kappa shape index (κ1) is 11.2. The normalized spacial score (nSPS) is 14.0. The van der Waals surface area contributed by atoms with E-state index >= 15 is 0 Å². The van der Waals surface area contributed by atoms with Crippen molar-refractivity contribution >= 4 is 0 Å². The van der Waals surface area contributed by atoms with Gasteiger partial charge >= 0.3 is 0 Å². The minimum absolute atomic E-state index is 0.197. The zero-order valence-corrected chi connectivity index (χ0v) is 9.45. The van der Waals surface area contributed by atoms with E-state index in [0.29, 0.717) is 6.61 Å². The Morgan fingerprint density at radius 1 is 1.43 bits per heavy atom. The van der Waals surface area contributed by atoms with E-state index in [4.69, 9.17) is 4.74 Å². The van der Waals surface area contributed by atoms with Crippen LogP contribution in [0.2, 0.25) is 0 Å². The number of ether oxygens (including phenoxy) is 1. The van der Waals surface area contributed by atoms with Crippen molar-refractivity contribution in [3.05, 3.63) is 30.1 Å². The monoisotopic (exact) mass is 193 g/mol. The molecule has 0 fully saturated rings. The molecule has 0 aliphatic rings. The predicted octanol–water partition coefficient (Wildman–Crippen LogP) is 3.03. The summed E-state index contributed by atoms with van der Waals surface area (Å²) in [6, 6.07) is 3.96. The highest BCUT2D eigenvalue weighted by Gasteiger charge is 2.20. The van der Waals surface area contributed by atoms with Crippen molar-refractivity contribution in [2.45, 2.75) is 40.4 Å². The summed E-state index contributed by atoms with van der Waals surface area (Å²) in [4.78, 5) is 4.04. The minimum Gasteiger partial charge on any atom is -0.373 e. The fourth-order valence-electron chi connectivity index (χ4n) is 0.955. The van der Waals surface area contributed by atoms with E-state index in [0.717, 1.165) is 5.56 Å². The highest BCUT2D eigenvalue weighted by atomic mass is 16.5. The molecule has 0 saturated carbocycles. The molecule has 0 aromatic carbocycles. The largest absolute Gasteiger partial charge is 0.373 e. The van der Waals surface area contributed by atoms with Crippen LogP contribution >= 0.6 is 0 Å². The summed E-state index contributed by atoms with van der Waals surface area (Å²) in [6.45, 7) is 9.30. The molecule has 0 saturated heterocycles. The Kier molecular flexibility index (Phi) is 3.64. The van der Waals surface area contributed by atoms with Gasteiger partial charge in [0.2, 0.25) is 0 Å². The lowest BCUT2D eigenvalue weighted by Crippen LogP contribution is -2.25. The highest BCUT2D eigenvalue weighted by molar-refractivity contribution is 5.06. The summed E-state index contributed by atoms with van der Waals surface area (Å²) in [5.41, 5.74) is 1.32. The van der Waals surface area contributed by atoms with Crippen LogP contribution in [0.1, 0.15) is 33.3 Å². The van der Waals surface area contributed by atoms with Gasteiger partial charge in [-0.1, -0.05) is 26.8 Å². The lowest BCUT2D eigenvalue weighted by atomic mass is 9.90. The van der Waals surface area contributed by atoms with Crippen molar-refractivity contribution in [3.8, 4) is 0 Å². The topological polar surface area (TPSA) is 22.1 Å². The van der Waals surface area contributed by atoms with Gasteiger partial charge in [-0.05, 0) is 24.0 Å². The lowest BCUT2D eigenvalue weighted by Gasteiger charge is -2.27. The fourth-order valence-corrected chi connectivity index (χ4v) is 0.955. The van der Waals surface area contributed by atoms with E-state index < -0.39 is 0 Å². The molecule has 1 aromatic rings. The first-order chi connectivity index (χ1) is 6.50. The molecule has 0 unspecified atom stereocenters. The second-order valence-corrected chi connectivity index (χ2v) is 4.68. The Morgan fingerprint density at radius 3 is 2.64 bits per heavy atom. The molecule has 1 aromatic heterocycles. The molecule has 0 aliphatic heterocycles. The highest BCUT2D eigenvalue weighted by Crippen LogP contribution is 2.22. The zero-order chi connectivity index (χ0) is 10.6. The summed E-state index contributed by atoms with van der Waals surface area (Å²) in [6.07, 6.45) is 3.87. The minimum atomic E-state index is 0.197. The molecular weight excluding hydrogens is 174 g/mol. The maximum absolute atomic E-state index is 5.75. The number of hydrogen-bond acceptors (Lipinski definition) is 2. The fraction of sp³-hybridized carbons (Fsp3) is 0.583. The van der Waals surface area contributed by atoms with Crippen LogP contribution in [-0.4, -0.2) is 11.1 Å². The Morgan fingerprint density at radius 2 is 2.14 bits per heavy atom. The van der Waals surface area contributed by atoms with Gasteiger partial charge in [-0.2, -0.15) is 0 Å². The number of pyridine rings is 1. The van der Waals surface area contributed by atoms with E-state index in [-0.39, 0.29) is 11.5 Å². The van der Waals surface area contributed by atoms with E-state index in [2.05, 4.69) is 32.7 Å². The van der Waals surface area contributed by atoms with Crippen LogP contribution < -0.4 is 0 Å². The standard InChI is InChI=1S/C12H19NO/c1-10(12(2,3)4)14-9-11-6-5-7-13-8-11/h5-8,10H,9H2,1-4H3/t10-/m0/s1. The lowest BCUT2D eigenvalue weighted by molar-refractivity contribution is -0.0154. The Labute approximate surface area is 86.3 Å². The second kappa shape index (κ2) is 4.56. The van der Waals surface area contributed by atoms with Gasteiger partial charge in [-0.3, -0.25) is 4.98 Å². The van der Waals surface area contributed by atoms with Gasteiger partial charge < -0.3 is 4.74 Å². The summed E-state index contributed by atoms with van der Waals surface area (Å²) in [5.74, 6) is 0. The van der Waals surface area contributed by atoms with Gasteiger partial charge in [0.1, 0.15) is 0 Å². The molecule has 0 amide bonds. The van der Waals surface area contributed by atoms with Gasteiger partial charge in [0, 0.05) is 12.4 Å². The van der Waals surface area contributed by atoms with Gasteiger partial charge in [0.05, 0.1) is 12.7 Å². The van der Waals surface area contributed by atoms with Crippen molar-refractivity contribution < 1.29 is 4.74 Å². The number of aromatic nitrogens is 1. The van der Waals surface area contributed by atoms with Crippen LogP contribution in [0.3, 0.4) is 0 Å². The molecule has 14 heavy (non-hydrogen) atoms. The molecule has 0 bridgehead atoms. The predicted molar refractivity (Wildman–Crippen MR) is 57.9 cm³/mol. The van der Waals surface area contributed by atoms with E-state index in [1.165, 1.54) is 0 Å². The molecule has 1 atom stereocenters. The van der Waals surface area contributed by atoms with Gasteiger partial charge in [0.25, 0.3) is 0 Å². The van der Waals surface area contributed by atoms with E-state index in [9.17, 15) is 0 Å². The molecule has 1 rings (SSSR count). The SMILES string of the molecule is C[C@H](OCc1cccnc1)C(C)(C)C. The van der Waals surface area contributed by atoms with Crippen LogP contribution in [0, 0.1) is 5.41 Å². The second-order valence-electron chi connectivity index (χ2n) is 4.68. The molecule has 2 nitrogen and oxygen atoms in total. The molecule has 0 radical (unpaired) electrons. The number of hydrogen-bond donors (Lipinski definition) is 0. The smallest absolute Gasteiger partial charge is 0.0735 e. The third-order valence-corrected chi connectivity index (χ3v) is 2.44. The summed E-state index contributed by atoms with van der Waals surface area (Å²) in [7, 11) is 0. The summed E-state index contributed by atoms with van der Waals surface area (Å²) >= 11 is 0.